The Hall–Kier alpha value is -3.36. The molecule has 2 aliphatic heterocycles. The Bertz CT molecular complexity index is 1280. The molecule has 7 nitrogen and oxygen atoms in total. The van der Waals surface area contributed by atoms with Gasteiger partial charge in [-0.3, -0.25) is 19.5 Å². The van der Waals surface area contributed by atoms with Crippen LogP contribution in [-0.2, 0) is 17.9 Å². The molecule has 2 aliphatic rings. The number of hydrogen-bond acceptors (Lipinski definition) is 5. The zero-order valence-corrected chi connectivity index (χ0v) is 19.1. The molecule has 34 heavy (non-hydrogen) atoms. The molecule has 4 heterocycles. The van der Waals surface area contributed by atoms with E-state index in [9.17, 15) is 19.1 Å². The summed E-state index contributed by atoms with van der Waals surface area (Å²) in [6.45, 7) is 0.405. The maximum absolute atomic E-state index is 14.6. The van der Waals surface area contributed by atoms with Gasteiger partial charge in [-0.1, -0.05) is 18.2 Å². The molecule has 4 atom stereocenters. The number of aromatic nitrogens is 2. The highest BCUT2D eigenvalue weighted by Crippen LogP contribution is 2.50. The molecule has 0 unspecified atom stereocenters. The van der Waals surface area contributed by atoms with E-state index in [0.717, 1.165) is 11.3 Å². The van der Waals surface area contributed by atoms with Crippen molar-refractivity contribution in [3.63, 3.8) is 0 Å². The van der Waals surface area contributed by atoms with E-state index in [1.807, 2.05) is 17.0 Å². The first-order chi connectivity index (χ1) is 16.4. The maximum Gasteiger partial charge on any atom is 0.258 e. The number of amides is 1. The number of aliphatic hydroxyl groups is 1. The lowest BCUT2D eigenvalue weighted by Crippen LogP contribution is -2.47. The minimum atomic E-state index is -0.613. The third-order valence-electron chi connectivity index (χ3n) is 7.19. The second-order valence-electron chi connectivity index (χ2n) is 9.22. The van der Waals surface area contributed by atoms with Crippen LogP contribution in [0.25, 0.3) is 11.1 Å². The fourth-order valence-corrected chi connectivity index (χ4v) is 5.60. The zero-order valence-electron chi connectivity index (χ0n) is 19.1. The number of nitrogens with zero attached hydrogens (tertiary/aromatic N) is 4. The van der Waals surface area contributed by atoms with Crippen molar-refractivity contribution >= 4 is 5.91 Å². The van der Waals surface area contributed by atoms with Crippen molar-refractivity contribution in [3.8, 4) is 11.1 Å². The molecule has 3 aromatic rings. The molecule has 1 saturated heterocycles. The van der Waals surface area contributed by atoms with Crippen LogP contribution < -0.4 is 5.56 Å². The number of likely N-dealkylation sites (N-methyl/N-ethyl adjacent to an activating group) is 1. The predicted molar refractivity (Wildman–Crippen MR) is 125 cm³/mol. The van der Waals surface area contributed by atoms with E-state index >= 15 is 0 Å². The van der Waals surface area contributed by atoms with Gasteiger partial charge in [0.1, 0.15) is 5.82 Å². The van der Waals surface area contributed by atoms with Gasteiger partial charge in [0.2, 0.25) is 5.91 Å². The number of fused-ring (bicyclic) bond motifs is 3. The fourth-order valence-electron chi connectivity index (χ4n) is 5.60. The second kappa shape index (κ2) is 8.77. The summed E-state index contributed by atoms with van der Waals surface area (Å²) in [4.78, 5) is 34.2. The predicted octanol–water partition coefficient (Wildman–Crippen LogP) is 2.30. The Morgan fingerprint density at radius 2 is 1.88 bits per heavy atom. The molecular weight excluding hydrogens is 435 g/mol. The van der Waals surface area contributed by atoms with Crippen molar-refractivity contribution in [1.29, 1.82) is 0 Å². The summed E-state index contributed by atoms with van der Waals surface area (Å²) in [5.74, 6) is -1.00. The molecule has 0 saturated carbocycles. The number of rotatable bonds is 5. The van der Waals surface area contributed by atoms with Gasteiger partial charge >= 0.3 is 0 Å². The molecule has 1 aromatic carbocycles. The lowest BCUT2D eigenvalue weighted by molar-refractivity contribution is -0.136. The lowest BCUT2D eigenvalue weighted by atomic mass is 9.88. The molecule has 5 rings (SSSR count). The number of likely N-dealkylation sites (tertiary alicyclic amines) is 1. The first-order valence-corrected chi connectivity index (χ1v) is 11.4. The van der Waals surface area contributed by atoms with E-state index in [4.69, 9.17) is 0 Å². The minimum absolute atomic E-state index is 0.115. The summed E-state index contributed by atoms with van der Waals surface area (Å²) in [6.07, 6.45) is 3.30. The van der Waals surface area contributed by atoms with Gasteiger partial charge in [0.05, 0.1) is 12.1 Å². The normalized spacial score (nSPS) is 23.5. The summed E-state index contributed by atoms with van der Waals surface area (Å²) in [5.41, 5.74) is 2.52. The van der Waals surface area contributed by atoms with Crippen molar-refractivity contribution < 1.29 is 14.3 Å². The Morgan fingerprint density at radius 1 is 1.15 bits per heavy atom. The quantitative estimate of drug-likeness (QED) is 0.630. The Labute approximate surface area is 197 Å². The van der Waals surface area contributed by atoms with Crippen LogP contribution in [0.15, 0.2) is 65.7 Å². The van der Waals surface area contributed by atoms with Crippen LogP contribution in [0.2, 0.25) is 0 Å². The van der Waals surface area contributed by atoms with Crippen LogP contribution in [0, 0.1) is 17.7 Å². The Kier molecular flexibility index (Phi) is 5.79. The smallest absolute Gasteiger partial charge is 0.258 e. The van der Waals surface area contributed by atoms with Gasteiger partial charge in [0, 0.05) is 74.8 Å². The number of hydrogen-bond donors (Lipinski definition) is 1. The van der Waals surface area contributed by atoms with E-state index in [1.54, 1.807) is 61.4 Å². The molecule has 1 fully saturated rings. The molecule has 1 amide bonds. The third kappa shape index (κ3) is 3.54. The minimum Gasteiger partial charge on any atom is -0.396 e. The van der Waals surface area contributed by atoms with Crippen molar-refractivity contribution in [2.24, 2.45) is 11.8 Å². The average molecular weight is 463 g/mol. The molecule has 0 aliphatic carbocycles. The van der Waals surface area contributed by atoms with Gasteiger partial charge in [-0.2, -0.15) is 0 Å². The number of benzene rings is 1. The molecule has 2 aromatic heterocycles. The maximum atomic E-state index is 14.6. The highest BCUT2D eigenvalue weighted by Gasteiger charge is 2.55. The van der Waals surface area contributed by atoms with E-state index in [2.05, 4.69) is 4.98 Å². The van der Waals surface area contributed by atoms with Gasteiger partial charge in [0.15, 0.2) is 0 Å². The lowest BCUT2D eigenvalue weighted by Gasteiger charge is -2.32. The number of carbonyl (C=O) groups is 1. The van der Waals surface area contributed by atoms with Crippen molar-refractivity contribution in [3.05, 3.63) is 88.4 Å². The van der Waals surface area contributed by atoms with Crippen molar-refractivity contribution in [2.75, 3.05) is 20.7 Å². The molecule has 1 N–H and O–H groups in total. The van der Waals surface area contributed by atoms with E-state index in [-0.39, 0.29) is 48.3 Å². The van der Waals surface area contributed by atoms with Crippen LogP contribution >= 0.6 is 0 Å². The highest BCUT2D eigenvalue weighted by atomic mass is 19.1. The van der Waals surface area contributed by atoms with Gasteiger partial charge in [0.25, 0.3) is 5.56 Å². The molecule has 0 radical (unpaired) electrons. The Balaban J connectivity index is 1.62. The Morgan fingerprint density at radius 3 is 2.56 bits per heavy atom. The van der Waals surface area contributed by atoms with Crippen molar-refractivity contribution in [2.45, 2.75) is 25.2 Å². The van der Waals surface area contributed by atoms with Gasteiger partial charge in [-0.15, -0.1) is 0 Å². The number of aliphatic hydroxyl groups excluding tert-OH is 1. The summed E-state index contributed by atoms with van der Waals surface area (Å²) < 4.78 is 16.4. The number of pyridine rings is 2. The molecule has 176 valence electrons. The van der Waals surface area contributed by atoms with E-state index in [0.29, 0.717) is 17.7 Å². The number of halogens is 1. The van der Waals surface area contributed by atoms with Crippen LogP contribution in [0.1, 0.15) is 17.3 Å². The average Bonchev–Trinajstić information content (AvgIpc) is 3.36. The monoisotopic (exact) mass is 462 g/mol. The van der Waals surface area contributed by atoms with Crippen LogP contribution in [-0.4, -0.2) is 57.1 Å². The summed E-state index contributed by atoms with van der Waals surface area (Å²) in [7, 11) is 3.37. The molecule has 8 heteroatoms. The summed E-state index contributed by atoms with van der Waals surface area (Å²) >= 11 is 0. The van der Waals surface area contributed by atoms with Gasteiger partial charge in [-0.25, -0.2) is 4.39 Å². The van der Waals surface area contributed by atoms with Crippen LogP contribution in [0.4, 0.5) is 4.39 Å². The van der Waals surface area contributed by atoms with E-state index < -0.39 is 6.04 Å². The third-order valence-corrected chi connectivity index (χ3v) is 7.19. The number of carbonyl (C=O) groups excluding carboxylic acids is 1. The van der Waals surface area contributed by atoms with Crippen LogP contribution in [0.3, 0.4) is 0 Å². The highest BCUT2D eigenvalue weighted by molar-refractivity contribution is 5.82. The van der Waals surface area contributed by atoms with E-state index in [1.165, 1.54) is 11.0 Å². The van der Waals surface area contributed by atoms with Gasteiger partial charge in [-0.05, 0) is 35.9 Å². The molecule has 0 spiro atoms. The van der Waals surface area contributed by atoms with Crippen molar-refractivity contribution in [1.82, 2.24) is 19.4 Å². The van der Waals surface area contributed by atoms with Gasteiger partial charge < -0.3 is 14.6 Å². The summed E-state index contributed by atoms with van der Waals surface area (Å²) in [6, 6.07) is 12.9. The second-order valence-corrected chi connectivity index (χ2v) is 9.22. The first-order valence-electron chi connectivity index (χ1n) is 11.4. The SMILES string of the molecule is CN(C)C(=O)[C@@H]1[C@@H](CO)[C@@H]2Cn3c(ccc(-c4ccncc4)c3=O)[C@@H]2N1Cc1ccccc1F. The molecule has 0 bridgehead atoms. The topological polar surface area (TPSA) is 78.7 Å². The summed E-state index contributed by atoms with van der Waals surface area (Å²) in [5, 5.41) is 10.4. The zero-order chi connectivity index (χ0) is 24.0. The molecular formula is C26H27FN4O3. The largest absolute Gasteiger partial charge is 0.396 e. The first kappa shape index (κ1) is 22.4. The standard InChI is InChI=1S/C26H27FN4O3/c1-29(2)26(34)24-20(15-32)19-14-30-22(8-7-18(25(30)33)16-9-11-28-12-10-16)23(19)31(24)13-17-5-3-4-6-21(17)27/h3-12,19-20,23-24,32H,13-15H2,1-2H3/t19-,20-,23+,24-/m0/s1. The van der Waals surface area contributed by atoms with Crippen LogP contribution in [0.5, 0.6) is 0 Å². The fraction of sp³-hybridized carbons (Fsp3) is 0.346.